The van der Waals surface area contributed by atoms with Crippen molar-refractivity contribution in [3.8, 4) is 0 Å². The zero-order valence-corrected chi connectivity index (χ0v) is 11.0. The summed E-state index contributed by atoms with van der Waals surface area (Å²) in [5, 5.41) is 13.8. The number of halogens is 1. The fraction of sp³-hybridized carbons (Fsp3) is 0.273. The number of carbonyl (C=O) groups excluding carboxylic acids is 1. The summed E-state index contributed by atoms with van der Waals surface area (Å²) in [6.45, 7) is 1.83. The fourth-order valence-electron chi connectivity index (χ4n) is 1.30. The van der Waals surface area contributed by atoms with Gasteiger partial charge in [0.2, 0.25) is 0 Å². The second-order valence-corrected chi connectivity index (χ2v) is 4.42. The van der Waals surface area contributed by atoms with Gasteiger partial charge in [0.15, 0.2) is 6.04 Å². The van der Waals surface area contributed by atoms with Crippen LogP contribution in [0.4, 0.5) is 5.69 Å². The zero-order chi connectivity index (χ0) is 13.0. The highest BCUT2D eigenvalue weighted by Crippen LogP contribution is 2.20. The van der Waals surface area contributed by atoms with Crippen LogP contribution in [0.15, 0.2) is 22.7 Å². The van der Waals surface area contributed by atoms with Gasteiger partial charge in [0, 0.05) is 10.2 Å². The molecule has 3 N–H and O–H groups in total. The van der Waals surface area contributed by atoms with Crippen LogP contribution in [0.3, 0.4) is 0 Å². The Morgan fingerprint density at radius 1 is 1.41 bits per heavy atom. The highest BCUT2D eigenvalue weighted by Gasteiger charge is 2.24. The lowest BCUT2D eigenvalue weighted by Gasteiger charge is -2.13. The minimum Gasteiger partial charge on any atom is -0.480 e. The van der Waals surface area contributed by atoms with Gasteiger partial charge in [-0.3, -0.25) is 10.1 Å². The summed E-state index contributed by atoms with van der Waals surface area (Å²) in [5.74, 6) is -1.81. The van der Waals surface area contributed by atoms with E-state index in [4.69, 9.17) is 5.11 Å². The van der Waals surface area contributed by atoms with Gasteiger partial charge in [-0.25, -0.2) is 4.79 Å². The number of likely N-dealkylation sites (N-methyl/N-ethyl adjacent to an activating group) is 1. The smallest absolute Gasteiger partial charge is 0.330 e. The molecule has 92 valence electrons. The molecule has 1 unspecified atom stereocenters. The normalized spacial score (nSPS) is 11.9. The molecule has 0 aromatic heterocycles. The first-order valence-corrected chi connectivity index (χ1v) is 5.72. The van der Waals surface area contributed by atoms with Crippen LogP contribution in [0.25, 0.3) is 0 Å². The van der Waals surface area contributed by atoms with Gasteiger partial charge in [-0.2, -0.15) is 0 Å². The molecule has 0 bridgehead atoms. The van der Waals surface area contributed by atoms with Crippen molar-refractivity contribution in [2.75, 3.05) is 12.4 Å². The molecular formula is C11H13BrN2O3. The molecule has 5 nitrogen and oxygen atoms in total. The van der Waals surface area contributed by atoms with E-state index in [9.17, 15) is 9.59 Å². The Morgan fingerprint density at radius 2 is 2.06 bits per heavy atom. The summed E-state index contributed by atoms with van der Waals surface area (Å²) in [4.78, 5) is 22.5. The van der Waals surface area contributed by atoms with Crippen LogP contribution in [0.1, 0.15) is 5.56 Å². The maximum absolute atomic E-state index is 11.7. The van der Waals surface area contributed by atoms with Gasteiger partial charge in [0.05, 0.1) is 0 Å². The molecule has 0 fully saturated rings. The molecule has 1 aromatic rings. The Hall–Kier alpha value is -1.40. The lowest BCUT2D eigenvalue weighted by Crippen LogP contribution is -2.44. The van der Waals surface area contributed by atoms with Crippen LogP contribution < -0.4 is 10.6 Å². The third kappa shape index (κ3) is 3.54. The Bertz CT molecular complexity index is 448. The molecule has 0 aliphatic heterocycles. The Balaban J connectivity index is 2.87. The summed E-state index contributed by atoms with van der Waals surface area (Å²) in [5.41, 5.74) is 1.45. The molecule has 1 amide bonds. The predicted molar refractivity (Wildman–Crippen MR) is 68.0 cm³/mol. The number of carboxylic acid groups (broad SMARTS) is 1. The highest BCUT2D eigenvalue weighted by atomic mass is 79.9. The number of aliphatic carboxylic acids is 1. The minimum absolute atomic E-state index is 0.589. The van der Waals surface area contributed by atoms with Gasteiger partial charge in [-0.05, 0) is 31.7 Å². The molecule has 0 radical (unpaired) electrons. The maximum atomic E-state index is 11.7. The molecule has 6 heteroatoms. The number of amides is 1. The van der Waals surface area contributed by atoms with E-state index in [1.807, 2.05) is 19.1 Å². The number of benzene rings is 1. The number of carbonyl (C=O) groups is 2. The molecule has 0 aliphatic carbocycles. The van der Waals surface area contributed by atoms with Gasteiger partial charge >= 0.3 is 5.97 Å². The molecule has 1 aromatic carbocycles. The summed E-state index contributed by atoms with van der Waals surface area (Å²) in [7, 11) is 1.42. The van der Waals surface area contributed by atoms with Gasteiger partial charge in [-0.1, -0.05) is 22.0 Å². The molecule has 0 saturated heterocycles. The number of rotatable bonds is 4. The molecular weight excluding hydrogens is 288 g/mol. The number of nitrogens with one attached hydrogen (secondary N) is 2. The number of anilines is 1. The highest BCUT2D eigenvalue weighted by molar-refractivity contribution is 9.10. The van der Waals surface area contributed by atoms with Crippen LogP contribution in [-0.4, -0.2) is 30.1 Å². The standard InChI is InChI=1S/C11H13BrN2O3/c1-6-3-4-7(12)5-8(6)14-10(15)9(13-2)11(16)17/h3-5,9,13H,1-2H3,(H,14,15)(H,16,17). The first-order chi connectivity index (χ1) is 7.95. The van der Waals surface area contributed by atoms with Crippen LogP contribution >= 0.6 is 15.9 Å². The van der Waals surface area contributed by atoms with Crippen molar-refractivity contribution in [2.45, 2.75) is 13.0 Å². The zero-order valence-electron chi connectivity index (χ0n) is 9.45. The van der Waals surface area contributed by atoms with E-state index < -0.39 is 17.9 Å². The van der Waals surface area contributed by atoms with Crippen molar-refractivity contribution in [1.82, 2.24) is 5.32 Å². The van der Waals surface area contributed by atoms with E-state index in [0.29, 0.717) is 5.69 Å². The van der Waals surface area contributed by atoms with E-state index in [2.05, 4.69) is 26.6 Å². The number of hydrogen-bond donors (Lipinski definition) is 3. The summed E-state index contributed by atoms with van der Waals surface area (Å²) in [6, 6.07) is 4.14. The lowest BCUT2D eigenvalue weighted by atomic mass is 10.2. The van der Waals surface area contributed by atoms with Gasteiger partial charge in [-0.15, -0.1) is 0 Å². The molecule has 0 saturated carbocycles. The van der Waals surface area contributed by atoms with Gasteiger partial charge in [0.1, 0.15) is 0 Å². The summed E-state index contributed by atoms with van der Waals surface area (Å²) >= 11 is 3.29. The van der Waals surface area contributed by atoms with Crippen LogP contribution in [0.2, 0.25) is 0 Å². The topological polar surface area (TPSA) is 78.4 Å². The van der Waals surface area contributed by atoms with Crippen LogP contribution in [0, 0.1) is 6.92 Å². The maximum Gasteiger partial charge on any atom is 0.330 e. The van der Waals surface area contributed by atoms with Crippen molar-refractivity contribution >= 4 is 33.5 Å². The quantitative estimate of drug-likeness (QED) is 0.734. The fourth-order valence-corrected chi connectivity index (χ4v) is 1.66. The van der Waals surface area contributed by atoms with Gasteiger partial charge in [0.25, 0.3) is 5.91 Å². The van der Waals surface area contributed by atoms with Crippen LogP contribution in [0.5, 0.6) is 0 Å². The molecule has 0 spiro atoms. The molecule has 17 heavy (non-hydrogen) atoms. The average Bonchev–Trinajstić information content (AvgIpc) is 2.24. The van der Waals surface area contributed by atoms with E-state index in [1.54, 1.807) is 6.07 Å². The van der Waals surface area contributed by atoms with Crippen molar-refractivity contribution in [1.29, 1.82) is 0 Å². The first kappa shape index (κ1) is 13.7. The molecule has 0 heterocycles. The van der Waals surface area contributed by atoms with Crippen molar-refractivity contribution in [3.63, 3.8) is 0 Å². The first-order valence-electron chi connectivity index (χ1n) is 4.92. The van der Waals surface area contributed by atoms with Gasteiger partial charge < -0.3 is 10.4 Å². The average molecular weight is 301 g/mol. The minimum atomic E-state index is -1.26. The third-order valence-corrected chi connectivity index (χ3v) is 2.75. The second kappa shape index (κ2) is 5.79. The molecule has 0 aliphatic rings. The monoisotopic (exact) mass is 300 g/mol. The van der Waals surface area contributed by atoms with E-state index in [-0.39, 0.29) is 0 Å². The number of aryl methyl sites for hydroxylation is 1. The van der Waals surface area contributed by atoms with E-state index in [1.165, 1.54) is 7.05 Å². The number of carboxylic acids is 1. The Kier molecular flexibility index (Phi) is 4.65. The second-order valence-electron chi connectivity index (χ2n) is 3.51. The number of hydrogen-bond acceptors (Lipinski definition) is 3. The predicted octanol–water partition coefficient (Wildman–Crippen LogP) is 1.37. The van der Waals surface area contributed by atoms with E-state index >= 15 is 0 Å². The summed E-state index contributed by atoms with van der Waals surface area (Å²) in [6.07, 6.45) is 0. The van der Waals surface area contributed by atoms with Crippen molar-refractivity contribution in [3.05, 3.63) is 28.2 Å². The third-order valence-electron chi connectivity index (χ3n) is 2.26. The summed E-state index contributed by atoms with van der Waals surface area (Å²) < 4.78 is 0.815. The van der Waals surface area contributed by atoms with E-state index in [0.717, 1.165) is 10.0 Å². The SMILES string of the molecule is CNC(C(=O)O)C(=O)Nc1cc(Br)ccc1C. The van der Waals surface area contributed by atoms with Crippen LogP contribution in [-0.2, 0) is 9.59 Å². The Morgan fingerprint density at radius 3 is 2.59 bits per heavy atom. The van der Waals surface area contributed by atoms with Crippen molar-refractivity contribution < 1.29 is 14.7 Å². The Labute approximate surface area is 107 Å². The van der Waals surface area contributed by atoms with Crippen molar-refractivity contribution in [2.24, 2.45) is 0 Å². The largest absolute Gasteiger partial charge is 0.480 e. The molecule has 1 atom stereocenters. The molecule has 1 rings (SSSR count). The lowest BCUT2D eigenvalue weighted by molar-refractivity contribution is -0.142.